The SMILES string of the molecule is CCOc1ccc(CN(C)C(=O)COc2ccc(C#N)cc2OCC)cc1. The van der Waals surface area contributed by atoms with Gasteiger partial charge in [0.2, 0.25) is 0 Å². The van der Waals surface area contributed by atoms with Gasteiger partial charge < -0.3 is 19.1 Å². The van der Waals surface area contributed by atoms with Crippen LogP contribution in [0.4, 0.5) is 0 Å². The predicted octanol–water partition coefficient (Wildman–Crippen LogP) is 3.39. The van der Waals surface area contributed by atoms with Crippen LogP contribution >= 0.6 is 0 Å². The van der Waals surface area contributed by atoms with Crippen LogP contribution in [0.3, 0.4) is 0 Å². The summed E-state index contributed by atoms with van der Waals surface area (Å²) in [7, 11) is 1.73. The van der Waals surface area contributed by atoms with Gasteiger partial charge in [0, 0.05) is 19.7 Å². The number of nitriles is 1. The summed E-state index contributed by atoms with van der Waals surface area (Å²) in [5, 5.41) is 8.98. The highest BCUT2D eigenvalue weighted by molar-refractivity contribution is 5.77. The molecule has 0 bridgehead atoms. The standard InChI is InChI=1S/C21H24N2O4/c1-4-25-18-9-6-16(7-10-18)14-23(3)21(24)15-27-19-11-8-17(13-22)12-20(19)26-5-2/h6-12H,4-5,14-15H2,1-3H3. The molecule has 6 nitrogen and oxygen atoms in total. The lowest BCUT2D eigenvalue weighted by molar-refractivity contribution is -0.132. The van der Waals surface area contributed by atoms with Gasteiger partial charge in [-0.1, -0.05) is 12.1 Å². The molecule has 2 aromatic rings. The van der Waals surface area contributed by atoms with E-state index in [-0.39, 0.29) is 12.5 Å². The monoisotopic (exact) mass is 368 g/mol. The fraction of sp³-hybridized carbons (Fsp3) is 0.333. The third kappa shape index (κ3) is 5.93. The first kappa shape index (κ1) is 20.1. The van der Waals surface area contributed by atoms with Crippen LogP contribution in [0.5, 0.6) is 17.2 Å². The van der Waals surface area contributed by atoms with Gasteiger partial charge in [-0.15, -0.1) is 0 Å². The fourth-order valence-corrected chi connectivity index (χ4v) is 2.43. The number of nitrogens with zero attached hydrogens (tertiary/aromatic N) is 2. The van der Waals surface area contributed by atoms with Crippen LogP contribution in [0.15, 0.2) is 42.5 Å². The molecule has 0 N–H and O–H groups in total. The molecular formula is C21H24N2O4. The van der Waals surface area contributed by atoms with Crippen LogP contribution < -0.4 is 14.2 Å². The quantitative estimate of drug-likeness (QED) is 0.678. The van der Waals surface area contributed by atoms with E-state index >= 15 is 0 Å². The Morgan fingerprint density at radius 1 is 1.00 bits per heavy atom. The maximum absolute atomic E-state index is 12.4. The predicted molar refractivity (Wildman–Crippen MR) is 102 cm³/mol. The second-order valence-corrected chi connectivity index (χ2v) is 5.82. The van der Waals surface area contributed by atoms with Crippen molar-refractivity contribution in [3.05, 3.63) is 53.6 Å². The third-order valence-electron chi connectivity index (χ3n) is 3.80. The summed E-state index contributed by atoms with van der Waals surface area (Å²) in [6.07, 6.45) is 0. The number of hydrogen-bond acceptors (Lipinski definition) is 5. The Morgan fingerprint density at radius 2 is 1.70 bits per heavy atom. The zero-order valence-corrected chi connectivity index (χ0v) is 15.9. The molecule has 0 aliphatic carbocycles. The Labute approximate surface area is 159 Å². The van der Waals surface area contributed by atoms with Gasteiger partial charge in [-0.2, -0.15) is 5.26 Å². The number of ether oxygens (including phenoxy) is 3. The van der Waals surface area contributed by atoms with Crippen molar-refractivity contribution in [1.29, 1.82) is 5.26 Å². The van der Waals surface area contributed by atoms with Gasteiger partial charge in [0.25, 0.3) is 5.91 Å². The van der Waals surface area contributed by atoms with Gasteiger partial charge in [0.15, 0.2) is 18.1 Å². The lowest BCUT2D eigenvalue weighted by atomic mass is 10.2. The highest BCUT2D eigenvalue weighted by atomic mass is 16.5. The normalized spacial score (nSPS) is 10.0. The maximum atomic E-state index is 12.4. The molecule has 6 heteroatoms. The van der Waals surface area contributed by atoms with Crippen molar-refractivity contribution in [3.8, 4) is 23.3 Å². The van der Waals surface area contributed by atoms with Gasteiger partial charge in [-0.3, -0.25) is 4.79 Å². The van der Waals surface area contributed by atoms with E-state index in [1.165, 1.54) is 0 Å². The molecule has 0 saturated heterocycles. The zero-order valence-electron chi connectivity index (χ0n) is 15.9. The number of likely N-dealkylation sites (N-methyl/N-ethyl adjacent to an activating group) is 1. The van der Waals surface area contributed by atoms with Gasteiger partial charge in [-0.05, 0) is 43.7 Å². The average molecular weight is 368 g/mol. The van der Waals surface area contributed by atoms with E-state index in [4.69, 9.17) is 19.5 Å². The molecule has 2 rings (SSSR count). The van der Waals surface area contributed by atoms with Gasteiger partial charge in [-0.25, -0.2) is 0 Å². The second-order valence-electron chi connectivity index (χ2n) is 5.82. The van der Waals surface area contributed by atoms with Crippen molar-refractivity contribution in [2.24, 2.45) is 0 Å². The molecule has 0 aliphatic heterocycles. The first-order valence-corrected chi connectivity index (χ1v) is 8.82. The van der Waals surface area contributed by atoms with E-state index < -0.39 is 0 Å². The van der Waals surface area contributed by atoms with Crippen molar-refractivity contribution in [2.75, 3.05) is 26.9 Å². The van der Waals surface area contributed by atoms with Crippen molar-refractivity contribution in [2.45, 2.75) is 20.4 Å². The molecule has 0 saturated carbocycles. The van der Waals surface area contributed by atoms with Crippen LogP contribution in [0.1, 0.15) is 25.0 Å². The number of amides is 1. The van der Waals surface area contributed by atoms with Crippen molar-refractivity contribution in [1.82, 2.24) is 4.90 Å². The molecule has 0 heterocycles. The minimum atomic E-state index is -0.157. The number of carbonyl (C=O) groups is 1. The van der Waals surface area contributed by atoms with Gasteiger partial charge in [0.05, 0.1) is 24.8 Å². The van der Waals surface area contributed by atoms with E-state index in [2.05, 4.69) is 6.07 Å². The average Bonchev–Trinajstić information content (AvgIpc) is 2.68. The summed E-state index contributed by atoms with van der Waals surface area (Å²) >= 11 is 0. The first-order valence-electron chi connectivity index (χ1n) is 8.82. The molecule has 0 unspecified atom stereocenters. The van der Waals surface area contributed by atoms with Crippen molar-refractivity contribution in [3.63, 3.8) is 0 Å². The van der Waals surface area contributed by atoms with E-state index in [1.54, 1.807) is 30.1 Å². The van der Waals surface area contributed by atoms with Crippen LogP contribution in [-0.4, -0.2) is 37.7 Å². The third-order valence-corrected chi connectivity index (χ3v) is 3.80. The summed E-state index contributed by atoms with van der Waals surface area (Å²) < 4.78 is 16.5. The number of benzene rings is 2. The Hall–Kier alpha value is -3.20. The highest BCUT2D eigenvalue weighted by Gasteiger charge is 2.13. The van der Waals surface area contributed by atoms with E-state index in [0.29, 0.717) is 36.8 Å². The molecule has 2 aromatic carbocycles. The lowest BCUT2D eigenvalue weighted by Crippen LogP contribution is -2.31. The lowest BCUT2D eigenvalue weighted by Gasteiger charge is -2.18. The Bertz CT molecular complexity index is 797. The number of carbonyl (C=O) groups excluding carboxylic acids is 1. The molecule has 0 aliphatic rings. The van der Waals surface area contributed by atoms with Crippen LogP contribution in [0.25, 0.3) is 0 Å². The molecule has 0 atom stereocenters. The Balaban J connectivity index is 1.93. The largest absolute Gasteiger partial charge is 0.494 e. The second kappa shape index (κ2) is 10.1. The first-order chi connectivity index (χ1) is 13.1. The molecular weight excluding hydrogens is 344 g/mol. The maximum Gasteiger partial charge on any atom is 0.260 e. The fourth-order valence-electron chi connectivity index (χ4n) is 2.43. The summed E-state index contributed by atoms with van der Waals surface area (Å²) in [4.78, 5) is 14.0. The van der Waals surface area contributed by atoms with E-state index in [0.717, 1.165) is 11.3 Å². The van der Waals surface area contributed by atoms with Crippen molar-refractivity contribution >= 4 is 5.91 Å². The molecule has 0 radical (unpaired) electrons. The van der Waals surface area contributed by atoms with E-state index in [9.17, 15) is 4.79 Å². The molecule has 0 fully saturated rings. The molecule has 27 heavy (non-hydrogen) atoms. The Morgan fingerprint density at radius 3 is 2.33 bits per heavy atom. The highest BCUT2D eigenvalue weighted by Crippen LogP contribution is 2.28. The van der Waals surface area contributed by atoms with Gasteiger partial charge >= 0.3 is 0 Å². The van der Waals surface area contributed by atoms with E-state index in [1.807, 2.05) is 38.1 Å². The number of rotatable bonds is 9. The summed E-state index contributed by atoms with van der Waals surface area (Å²) in [6.45, 7) is 5.20. The summed E-state index contributed by atoms with van der Waals surface area (Å²) in [5.41, 5.74) is 1.48. The summed E-state index contributed by atoms with van der Waals surface area (Å²) in [5.74, 6) is 1.55. The molecule has 142 valence electrons. The minimum Gasteiger partial charge on any atom is -0.494 e. The number of hydrogen-bond donors (Lipinski definition) is 0. The Kier molecular flexibility index (Phi) is 7.50. The van der Waals surface area contributed by atoms with Crippen LogP contribution in [0.2, 0.25) is 0 Å². The van der Waals surface area contributed by atoms with Crippen molar-refractivity contribution < 1.29 is 19.0 Å². The zero-order chi connectivity index (χ0) is 19.6. The molecule has 1 amide bonds. The van der Waals surface area contributed by atoms with Gasteiger partial charge in [0.1, 0.15) is 5.75 Å². The summed E-state index contributed by atoms with van der Waals surface area (Å²) in [6, 6.07) is 14.6. The topological polar surface area (TPSA) is 71.8 Å². The molecule has 0 spiro atoms. The van der Waals surface area contributed by atoms with Crippen LogP contribution in [-0.2, 0) is 11.3 Å². The minimum absolute atomic E-state index is 0.112. The smallest absolute Gasteiger partial charge is 0.260 e. The molecule has 0 aromatic heterocycles. The van der Waals surface area contributed by atoms with Crippen LogP contribution in [0, 0.1) is 11.3 Å².